The number of pyridine rings is 1. The second-order valence-electron chi connectivity index (χ2n) is 6.34. The highest BCUT2D eigenvalue weighted by molar-refractivity contribution is 5.98. The van der Waals surface area contributed by atoms with Crippen LogP contribution >= 0.6 is 0 Å². The molecule has 0 saturated carbocycles. The summed E-state index contributed by atoms with van der Waals surface area (Å²) in [5.41, 5.74) is 6.67. The van der Waals surface area contributed by atoms with Crippen molar-refractivity contribution in [3.05, 3.63) is 83.0 Å². The summed E-state index contributed by atoms with van der Waals surface area (Å²) >= 11 is 0. The van der Waals surface area contributed by atoms with Crippen LogP contribution in [0.25, 0.3) is 0 Å². The fraction of sp³-hybridized carbons (Fsp3) is 0.143. The van der Waals surface area contributed by atoms with Gasteiger partial charge in [-0.15, -0.1) is 0 Å². The number of anilines is 1. The van der Waals surface area contributed by atoms with Crippen molar-refractivity contribution in [3.8, 4) is 11.5 Å². The first kappa shape index (κ1) is 20.2. The third-order valence-electron chi connectivity index (χ3n) is 4.06. The van der Waals surface area contributed by atoms with Crippen LogP contribution < -0.4 is 15.8 Å². The number of nitrogen functional groups attached to an aromatic ring is 1. The molecule has 5 nitrogen and oxygen atoms in total. The van der Waals surface area contributed by atoms with Crippen molar-refractivity contribution in [1.29, 1.82) is 0 Å². The van der Waals surface area contributed by atoms with Gasteiger partial charge in [-0.1, -0.05) is 18.2 Å². The van der Waals surface area contributed by atoms with Crippen LogP contribution in [-0.2, 0) is 12.7 Å². The molecular formula is C21H18F3N3O2. The number of halogens is 3. The zero-order valence-electron chi connectivity index (χ0n) is 15.5. The van der Waals surface area contributed by atoms with E-state index in [9.17, 15) is 18.0 Å². The lowest BCUT2D eigenvalue weighted by Crippen LogP contribution is -2.24. The maximum absolute atomic E-state index is 12.8. The number of hydrogen-bond acceptors (Lipinski definition) is 4. The number of hydrogen-bond donors (Lipinski definition) is 2. The van der Waals surface area contributed by atoms with Crippen molar-refractivity contribution in [1.82, 2.24) is 10.3 Å². The summed E-state index contributed by atoms with van der Waals surface area (Å²) < 4.78 is 44.0. The molecule has 1 heterocycles. The fourth-order valence-electron chi connectivity index (χ4n) is 2.64. The lowest BCUT2D eigenvalue weighted by atomic mass is 10.2. The van der Waals surface area contributed by atoms with Gasteiger partial charge in [-0.05, 0) is 55.0 Å². The van der Waals surface area contributed by atoms with E-state index in [4.69, 9.17) is 10.5 Å². The predicted octanol–water partition coefficient (Wildman–Crippen LogP) is 4.71. The molecule has 29 heavy (non-hydrogen) atoms. The number of carbonyl (C=O) groups is 1. The highest BCUT2D eigenvalue weighted by Crippen LogP contribution is 2.32. The van der Waals surface area contributed by atoms with E-state index in [2.05, 4.69) is 10.3 Å². The van der Waals surface area contributed by atoms with E-state index in [-0.39, 0.29) is 29.6 Å². The number of aryl methyl sites for hydroxylation is 1. The molecule has 0 radical (unpaired) electrons. The molecular weight excluding hydrogens is 383 g/mol. The summed E-state index contributed by atoms with van der Waals surface area (Å²) in [6, 6.07) is 14.6. The number of rotatable bonds is 5. The van der Waals surface area contributed by atoms with Gasteiger partial charge in [0, 0.05) is 12.2 Å². The van der Waals surface area contributed by atoms with Crippen molar-refractivity contribution < 1.29 is 22.7 Å². The summed E-state index contributed by atoms with van der Waals surface area (Å²) in [7, 11) is 0. The van der Waals surface area contributed by atoms with Crippen molar-refractivity contribution in [2.24, 2.45) is 0 Å². The number of aromatic nitrogens is 1. The Morgan fingerprint density at radius 2 is 1.76 bits per heavy atom. The minimum Gasteiger partial charge on any atom is -0.457 e. The van der Waals surface area contributed by atoms with E-state index >= 15 is 0 Å². The van der Waals surface area contributed by atoms with E-state index in [0.717, 1.165) is 12.1 Å². The minimum atomic E-state index is -4.45. The highest BCUT2D eigenvalue weighted by Gasteiger charge is 2.30. The fourth-order valence-corrected chi connectivity index (χ4v) is 2.64. The van der Waals surface area contributed by atoms with Gasteiger partial charge >= 0.3 is 6.18 Å². The lowest BCUT2D eigenvalue weighted by Gasteiger charge is -2.11. The average molecular weight is 401 g/mol. The Kier molecular flexibility index (Phi) is 5.72. The third-order valence-corrected chi connectivity index (χ3v) is 4.06. The molecule has 3 rings (SSSR count). The van der Waals surface area contributed by atoms with Crippen LogP contribution in [-0.4, -0.2) is 10.9 Å². The summed E-state index contributed by atoms with van der Waals surface area (Å²) in [4.78, 5) is 16.3. The topological polar surface area (TPSA) is 77.2 Å². The SMILES string of the molecule is Cc1ccc(C(=O)NCc2cccc(Oc3cccc(C(F)(F)F)c3)c2)c(N)n1. The Morgan fingerprint density at radius 1 is 1.07 bits per heavy atom. The van der Waals surface area contributed by atoms with Crippen LogP contribution in [0.4, 0.5) is 19.0 Å². The van der Waals surface area contributed by atoms with Gasteiger partial charge in [-0.25, -0.2) is 4.98 Å². The largest absolute Gasteiger partial charge is 0.457 e. The second-order valence-corrected chi connectivity index (χ2v) is 6.34. The Labute approximate surface area is 165 Å². The van der Waals surface area contributed by atoms with Crippen molar-refractivity contribution >= 4 is 11.7 Å². The molecule has 150 valence electrons. The number of alkyl halides is 3. The number of nitrogens with zero attached hydrogens (tertiary/aromatic N) is 1. The van der Waals surface area contributed by atoms with Gasteiger partial charge in [0.1, 0.15) is 17.3 Å². The van der Waals surface area contributed by atoms with Gasteiger partial charge in [0.25, 0.3) is 5.91 Å². The second kappa shape index (κ2) is 8.22. The Balaban J connectivity index is 1.68. The van der Waals surface area contributed by atoms with Crippen LogP contribution in [0, 0.1) is 6.92 Å². The zero-order chi connectivity index (χ0) is 21.0. The molecule has 8 heteroatoms. The van der Waals surface area contributed by atoms with Gasteiger partial charge < -0.3 is 15.8 Å². The number of benzene rings is 2. The van der Waals surface area contributed by atoms with Gasteiger partial charge in [0.2, 0.25) is 0 Å². The molecule has 2 aromatic carbocycles. The summed E-state index contributed by atoms with van der Waals surface area (Å²) in [5.74, 6) is 0.190. The van der Waals surface area contributed by atoms with Crippen molar-refractivity contribution in [2.75, 3.05) is 5.73 Å². The summed E-state index contributed by atoms with van der Waals surface area (Å²) in [6.07, 6.45) is -4.45. The molecule has 0 aliphatic rings. The van der Waals surface area contributed by atoms with E-state index in [1.54, 1.807) is 43.3 Å². The maximum atomic E-state index is 12.8. The molecule has 0 fully saturated rings. The molecule has 3 aromatic rings. The van der Waals surface area contributed by atoms with Crippen LogP contribution in [0.2, 0.25) is 0 Å². The van der Waals surface area contributed by atoms with Gasteiger partial charge in [0.05, 0.1) is 11.1 Å². The molecule has 0 bridgehead atoms. The molecule has 0 unspecified atom stereocenters. The van der Waals surface area contributed by atoms with E-state index in [1.807, 2.05) is 0 Å². The van der Waals surface area contributed by atoms with Crippen LogP contribution in [0.1, 0.15) is 27.2 Å². The average Bonchev–Trinajstić information content (AvgIpc) is 2.66. The Bertz CT molecular complexity index is 1040. The number of carbonyl (C=O) groups excluding carboxylic acids is 1. The molecule has 1 aromatic heterocycles. The Hall–Kier alpha value is -3.55. The van der Waals surface area contributed by atoms with Gasteiger partial charge in [-0.2, -0.15) is 13.2 Å². The van der Waals surface area contributed by atoms with E-state index in [1.165, 1.54) is 12.1 Å². The first-order chi connectivity index (χ1) is 13.7. The number of amides is 1. The number of nitrogens with two attached hydrogens (primary N) is 1. The van der Waals surface area contributed by atoms with Crippen LogP contribution in [0.15, 0.2) is 60.7 Å². The minimum absolute atomic E-state index is 0.0690. The van der Waals surface area contributed by atoms with Crippen LogP contribution in [0.3, 0.4) is 0 Å². The zero-order valence-corrected chi connectivity index (χ0v) is 15.5. The van der Waals surface area contributed by atoms with E-state index in [0.29, 0.717) is 17.0 Å². The molecule has 0 atom stereocenters. The smallest absolute Gasteiger partial charge is 0.416 e. The monoisotopic (exact) mass is 401 g/mol. The van der Waals surface area contributed by atoms with Crippen molar-refractivity contribution in [2.45, 2.75) is 19.6 Å². The number of ether oxygens (including phenoxy) is 1. The summed E-state index contributed by atoms with van der Waals surface area (Å²) in [6.45, 7) is 1.96. The summed E-state index contributed by atoms with van der Waals surface area (Å²) in [5, 5.41) is 2.73. The maximum Gasteiger partial charge on any atom is 0.416 e. The van der Waals surface area contributed by atoms with Crippen molar-refractivity contribution in [3.63, 3.8) is 0 Å². The quantitative estimate of drug-likeness (QED) is 0.649. The molecule has 0 spiro atoms. The first-order valence-corrected chi connectivity index (χ1v) is 8.68. The molecule has 0 saturated heterocycles. The lowest BCUT2D eigenvalue weighted by molar-refractivity contribution is -0.137. The third kappa shape index (κ3) is 5.25. The standard InChI is InChI=1S/C21H18F3N3O2/c1-13-8-9-18(19(25)27-13)20(28)26-12-14-4-2-6-16(10-14)29-17-7-3-5-15(11-17)21(22,23)24/h2-11H,12H2,1H3,(H2,25,27)(H,26,28). The first-order valence-electron chi connectivity index (χ1n) is 8.68. The number of nitrogens with one attached hydrogen (secondary N) is 1. The van der Waals surface area contributed by atoms with Gasteiger partial charge in [0.15, 0.2) is 0 Å². The van der Waals surface area contributed by atoms with Crippen LogP contribution in [0.5, 0.6) is 11.5 Å². The molecule has 1 amide bonds. The molecule has 0 aliphatic carbocycles. The molecule has 0 aliphatic heterocycles. The highest BCUT2D eigenvalue weighted by atomic mass is 19.4. The van der Waals surface area contributed by atoms with E-state index < -0.39 is 11.7 Å². The molecule has 3 N–H and O–H groups in total. The normalized spacial score (nSPS) is 11.2. The Morgan fingerprint density at radius 3 is 2.45 bits per heavy atom. The van der Waals surface area contributed by atoms with Gasteiger partial charge in [-0.3, -0.25) is 4.79 Å². The predicted molar refractivity (Wildman–Crippen MR) is 103 cm³/mol.